The molecule has 0 saturated heterocycles. The van der Waals surface area contributed by atoms with Crippen molar-refractivity contribution in [3.05, 3.63) is 59.1 Å². The molecule has 0 aliphatic carbocycles. The smallest absolute Gasteiger partial charge is 0.214 e. The van der Waals surface area contributed by atoms with Crippen molar-refractivity contribution in [3.63, 3.8) is 0 Å². The van der Waals surface area contributed by atoms with Crippen LogP contribution in [-0.2, 0) is 13.6 Å². The second kappa shape index (κ2) is 5.34. The topological polar surface area (TPSA) is 50.6 Å². The number of hydrogen-bond acceptors (Lipinski definition) is 3. The lowest BCUT2D eigenvalue weighted by atomic mass is 10.2. The van der Waals surface area contributed by atoms with E-state index in [-0.39, 0.29) is 0 Å². The summed E-state index contributed by atoms with van der Waals surface area (Å²) in [6.07, 6.45) is 2.02. The lowest BCUT2D eigenvalue weighted by molar-refractivity contribution is 0.768. The third kappa shape index (κ3) is 2.37. The molecule has 0 atom stereocenters. The van der Waals surface area contributed by atoms with Crippen LogP contribution in [0.4, 0.5) is 0 Å². The van der Waals surface area contributed by atoms with E-state index in [9.17, 15) is 0 Å². The van der Waals surface area contributed by atoms with Gasteiger partial charge >= 0.3 is 0 Å². The van der Waals surface area contributed by atoms with Gasteiger partial charge in [0.25, 0.3) is 0 Å². The summed E-state index contributed by atoms with van der Waals surface area (Å²) in [5, 5.41) is 7.11. The first kappa shape index (κ1) is 12.7. The Hall–Kier alpha value is -2.34. The highest BCUT2D eigenvalue weighted by Gasteiger charge is 2.08. The summed E-state index contributed by atoms with van der Waals surface area (Å²) < 4.78 is 4.43. The minimum atomic E-state index is 0.554. The fourth-order valence-electron chi connectivity index (χ4n) is 2.06. The van der Waals surface area contributed by atoms with Crippen LogP contribution < -0.4 is 5.43 Å². The normalized spacial score (nSPS) is 10.7. The van der Waals surface area contributed by atoms with Gasteiger partial charge in [0.2, 0.25) is 4.77 Å². The summed E-state index contributed by atoms with van der Waals surface area (Å²) in [4.78, 5) is 0. The molecule has 0 amide bonds. The number of hydrogen-bond donors (Lipinski definition) is 2. The number of aryl methyl sites for hydroxylation is 1. The monoisotopic (exact) mass is 285 g/mol. The van der Waals surface area contributed by atoms with Crippen molar-refractivity contribution in [2.45, 2.75) is 6.54 Å². The number of aromatic nitrogens is 4. The van der Waals surface area contributed by atoms with Crippen molar-refractivity contribution >= 4 is 12.2 Å². The van der Waals surface area contributed by atoms with E-state index in [4.69, 9.17) is 12.2 Å². The number of aromatic amines is 1. The zero-order valence-electron chi connectivity index (χ0n) is 11.1. The van der Waals surface area contributed by atoms with Crippen LogP contribution in [0.15, 0.2) is 48.7 Å². The molecule has 3 rings (SSSR count). The molecule has 20 heavy (non-hydrogen) atoms. The Morgan fingerprint density at radius 2 is 2.00 bits per heavy atom. The molecule has 6 heteroatoms. The first-order valence-corrected chi connectivity index (χ1v) is 6.73. The van der Waals surface area contributed by atoms with E-state index in [1.807, 2.05) is 49.6 Å². The minimum absolute atomic E-state index is 0.554. The van der Waals surface area contributed by atoms with Gasteiger partial charge in [0.1, 0.15) is 0 Å². The zero-order valence-corrected chi connectivity index (χ0v) is 11.9. The van der Waals surface area contributed by atoms with Crippen LogP contribution >= 0.6 is 12.2 Å². The van der Waals surface area contributed by atoms with Crippen molar-refractivity contribution in [1.29, 1.82) is 0 Å². The average Bonchev–Trinajstić information content (AvgIpc) is 3.04. The number of nitrogens with zero attached hydrogens (tertiary/aromatic N) is 3. The molecule has 0 spiro atoms. The molecular formula is C14H15N5S. The van der Waals surface area contributed by atoms with Crippen LogP contribution in [0.25, 0.3) is 11.4 Å². The van der Waals surface area contributed by atoms with E-state index in [2.05, 4.69) is 26.3 Å². The summed E-state index contributed by atoms with van der Waals surface area (Å²) in [7, 11) is 2.02. The summed E-state index contributed by atoms with van der Waals surface area (Å²) >= 11 is 5.28. The fraction of sp³-hybridized carbons (Fsp3) is 0.143. The molecule has 0 aliphatic heterocycles. The van der Waals surface area contributed by atoms with Crippen molar-refractivity contribution in [2.24, 2.45) is 7.05 Å². The standard InChI is InChI=1S/C14H15N5S/c1-18-9-5-8-12(18)10-15-19-13(16-17-14(19)20)11-6-3-2-4-7-11/h2-9,15H,10H2,1H3,(H,17,20). The average molecular weight is 285 g/mol. The Morgan fingerprint density at radius 3 is 2.70 bits per heavy atom. The highest BCUT2D eigenvalue weighted by Crippen LogP contribution is 2.15. The molecule has 0 fully saturated rings. The predicted octanol–water partition coefficient (Wildman–Crippen LogP) is 2.69. The van der Waals surface area contributed by atoms with Gasteiger partial charge in [-0.25, -0.2) is 9.77 Å². The highest BCUT2D eigenvalue weighted by molar-refractivity contribution is 7.71. The number of nitrogens with one attached hydrogen (secondary N) is 2. The molecule has 0 radical (unpaired) electrons. The number of H-pyrrole nitrogens is 1. The molecule has 2 heterocycles. The van der Waals surface area contributed by atoms with Gasteiger partial charge in [-0.05, 0) is 24.4 Å². The molecule has 2 aromatic heterocycles. The van der Waals surface area contributed by atoms with Crippen molar-refractivity contribution in [2.75, 3.05) is 5.43 Å². The van der Waals surface area contributed by atoms with E-state index in [1.165, 1.54) is 5.69 Å². The highest BCUT2D eigenvalue weighted by atomic mass is 32.1. The second-order valence-corrected chi connectivity index (χ2v) is 4.89. The Kier molecular flexibility index (Phi) is 3.39. The number of benzene rings is 1. The SMILES string of the molecule is Cn1cccc1CNn1c(-c2ccccc2)n[nH]c1=S. The van der Waals surface area contributed by atoms with Crippen LogP contribution in [0.1, 0.15) is 5.69 Å². The zero-order chi connectivity index (χ0) is 13.9. The van der Waals surface area contributed by atoms with Crippen LogP contribution in [0.3, 0.4) is 0 Å². The van der Waals surface area contributed by atoms with Gasteiger partial charge in [0.15, 0.2) is 5.82 Å². The van der Waals surface area contributed by atoms with E-state index in [1.54, 1.807) is 4.68 Å². The van der Waals surface area contributed by atoms with Crippen molar-refractivity contribution in [1.82, 2.24) is 19.4 Å². The van der Waals surface area contributed by atoms with Gasteiger partial charge in [-0.2, -0.15) is 5.10 Å². The first-order valence-electron chi connectivity index (χ1n) is 6.32. The maximum atomic E-state index is 5.28. The van der Waals surface area contributed by atoms with Crippen LogP contribution in [0.5, 0.6) is 0 Å². The molecule has 2 N–H and O–H groups in total. The second-order valence-electron chi connectivity index (χ2n) is 4.50. The quantitative estimate of drug-likeness (QED) is 0.725. The molecular weight excluding hydrogens is 270 g/mol. The number of rotatable bonds is 4. The van der Waals surface area contributed by atoms with Crippen molar-refractivity contribution < 1.29 is 0 Å². The Balaban J connectivity index is 1.89. The fourth-order valence-corrected chi connectivity index (χ4v) is 2.26. The molecule has 102 valence electrons. The van der Waals surface area contributed by atoms with Gasteiger partial charge in [0.05, 0.1) is 6.54 Å². The van der Waals surface area contributed by atoms with Gasteiger partial charge in [-0.3, -0.25) is 0 Å². The molecule has 3 aromatic rings. The lowest BCUT2D eigenvalue weighted by Gasteiger charge is -2.10. The summed E-state index contributed by atoms with van der Waals surface area (Å²) in [6.45, 7) is 0.678. The third-order valence-corrected chi connectivity index (χ3v) is 3.45. The predicted molar refractivity (Wildman–Crippen MR) is 81.3 cm³/mol. The first-order chi connectivity index (χ1) is 9.75. The largest absolute Gasteiger partial charge is 0.353 e. The summed E-state index contributed by atoms with van der Waals surface area (Å²) in [5.41, 5.74) is 5.49. The maximum absolute atomic E-state index is 5.28. The Labute approximate surface area is 121 Å². The minimum Gasteiger partial charge on any atom is -0.353 e. The molecule has 1 aromatic carbocycles. The van der Waals surface area contributed by atoms with Gasteiger partial charge in [-0.1, -0.05) is 30.3 Å². The molecule has 0 bridgehead atoms. The summed E-state index contributed by atoms with van der Waals surface area (Å²) in [6, 6.07) is 14.0. The Morgan fingerprint density at radius 1 is 1.20 bits per heavy atom. The van der Waals surface area contributed by atoms with E-state index < -0.39 is 0 Å². The molecule has 0 saturated carbocycles. The van der Waals surface area contributed by atoms with E-state index >= 15 is 0 Å². The van der Waals surface area contributed by atoms with Gasteiger partial charge < -0.3 is 9.99 Å². The molecule has 0 unspecified atom stereocenters. The van der Waals surface area contributed by atoms with E-state index in [0.29, 0.717) is 11.3 Å². The maximum Gasteiger partial charge on any atom is 0.214 e. The lowest BCUT2D eigenvalue weighted by Crippen LogP contribution is -2.17. The van der Waals surface area contributed by atoms with Gasteiger partial charge in [0, 0.05) is 24.5 Å². The van der Waals surface area contributed by atoms with Crippen LogP contribution in [-0.4, -0.2) is 19.4 Å². The van der Waals surface area contributed by atoms with E-state index in [0.717, 1.165) is 11.4 Å². The molecule has 0 aliphatic rings. The Bertz CT molecular complexity index is 753. The van der Waals surface area contributed by atoms with Gasteiger partial charge in [-0.15, -0.1) is 0 Å². The third-order valence-electron chi connectivity index (χ3n) is 3.17. The van der Waals surface area contributed by atoms with Crippen LogP contribution in [0.2, 0.25) is 0 Å². The summed E-state index contributed by atoms with van der Waals surface area (Å²) in [5.74, 6) is 0.782. The van der Waals surface area contributed by atoms with Crippen molar-refractivity contribution in [3.8, 4) is 11.4 Å². The molecule has 5 nitrogen and oxygen atoms in total. The van der Waals surface area contributed by atoms with Crippen LogP contribution in [0, 0.1) is 4.77 Å².